The Kier molecular flexibility index (Phi) is 4.20. The van der Waals surface area contributed by atoms with Crippen molar-refractivity contribution < 1.29 is 0 Å². The monoisotopic (exact) mass is 324 g/mol. The summed E-state index contributed by atoms with van der Waals surface area (Å²) >= 11 is 5.38. The maximum Gasteiger partial charge on any atom is 0.125 e. The van der Waals surface area contributed by atoms with Crippen molar-refractivity contribution >= 4 is 27.3 Å². The molecule has 1 atom stereocenters. The van der Waals surface area contributed by atoms with Gasteiger partial charge in [-0.1, -0.05) is 28.1 Å². The molecule has 1 aromatic carbocycles. The first-order chi connectivity index (χ1) is 8.52. The van der Waals surface area contributed by atoms with Gasteiger partial charge in [-0.2, -0.15) is 0 Å². The van der Waals surface area contributed by atoms with Crippen LogP contribution in [0.5, 0.6) is 0 Å². The van der Waals surface area contributed by atoms with Crippen LogP contribution in [0.25, 0.3) is 10.6 Å². The summed E-state index contributed by atoms with van der Waals surface area (Å²) in [4.78, 5) is 5.99. The van der Waals surface area contributed by atoms with Crippen LogP contribution < -0.4 is 5.32 Å². The molecule has 0 fully saturated rings. The van der Waals surface area contributed by atoms with Gasteiger partial charge in [-0.05, 0) is 39.4 Å². The highest BCUT2D eigenvalue weighted by Crippen LogP contribution is 2.35. The van der Waals surface area contributed by atoms with E-state index in [2.05, 4.69) is 65.2 Å². The van der Waals surface area contributed by atoms with Crippen molar-refractivity contribution in [2.75, 3.05) is 7.05 Å². The molecule has 0 aliphatic rings. The van der Waals surface area contributed by atoms with E-state index in [4.69, 9.17) is 0 Å². The van der Waals surface area contributed by atoms with Gasteiger partial charge in [0.05, 0.1) is 5.69 Å². The second kappa shape index (κ2) is 5.51. The van der Waals surface area contributed by atoms with Crippen molar-refractivity contribution in [1.82, 2.24) is 10.3 Å². The summed E-state index contributed by atoms with van der Waals surface area (Å²) in [6.45, 7) is 6.33. The molecule has 0 aliphatic heterocycles. The molecule has 1 N–H and O–H groups in total. The number of thiazole rings is 1. The van der Waals surface area contributed by atoms with Gasteiger partial charge in [0.2, 0.25) is 0 Å². The summed E-state index contributed by atoms with van der Waals surface area (Å²) in [6.07, 6.45) is 0. The molecule has 0 radical (unpaired) electrons. The molecular formula is C14H17BrN2S. The Balaban J connectivity index is 2.45. The van der Waals surface area contributed by atoms with Crippen LogP contribution in [0.4, 0.5) is 0 Å². The fourth-order valence-electron chi connectivity index (χ4n) is 1.85. The van der Waals surface area contributed by atoms with Crippen LogP contribution in [0, 0.1) is 13.8 Å². The number of nitrogens with one attached hydrogen (secondary N) is 1. The summed E-state index contributed by atoms with van der Waals surface area (Å²) in [5.74, 6) is 0. The Hall–Kier alpha value is -0.710. The molecule has 1 aromatic heterocycles. The molecule has 0 amide bonds. The van der Waals surface area contributed by atoms with Crippen molar-refractivity contribution in [3.05, 3.63) is 38.8 Å². The molecule has 4 heteroatoms. The largest absolute Gasteiger partial charge is 0.312 e. The molecule has 18 heavy (non-hydrogen) atoms. The van der Waals surface area contributed by atoms with E-state index in [1.54, 1.807) is 11.3 Å². The number of halogens is 1. The average molecular weight is 325 g/mol. The third kappa shape index (κ3) is 2.66. The molecule has 0 saturated carbocycles. The first-order valence-electron chi connectivity index (χ1n) is 5.94. The molecule has 1 unspecified atom stereocenters. The average Bonchev–Trinajstić information content (AvgIpc) is 2.70. The lowest BCUT2D eigenvalue weighted by Gasteiger charge is -2.07. The van der Waals surface area contributed by atoms with Crippen molar-refractivity contribution in [3.8, 4) is 10.6 Å². The van der Waals surface area contributed by atoms with Crippen LogP contribution in [0.15, 0.2) is 22.7 Å². The maximum absolute atomic E-state index is 4.69. The zero-order valence-electron chi connectivity index (χ0n) is 11.0. The molecule has 1 heterocycles. The van der Waals surface area contributed by atoms with Crippen LogP contribution in [0.3, 0.4) is 0 Å². The van der Waals surface area contributed by atoms with Crippen LogP contribution in [0.1, 0.15) is 29.1 Å². The van der Waals surface area contributed by atoms with Gasteiger partial charge < -0.3 is 5.32 Å². The summed E-state index contributed by atoms with van der Waals surface area (Å²) in [5.41, 5.74) is 3.54. The van der Waals surface area contributed by atoms with Crippen LogP contribution in [-0.4, -0.2) is 12.0 Å². The standard InChI is InChI=1S/C14H17BrN2S/c1-8-5-6-11(12(15)7-8)14-17-10(3)13(18-14)9(2)16-4/h5-7,9,16H,1-4H3. The van der Waals surface area contributed by atoms with Gasteiger partial charge in [0, 0.05) is 21.0 Å². The first-order valence-corrected chi connectivity index (χ1v) is 7.55. The van der Waals surface area contributed by atoms with E-state index >= 15 is 0 Å². The fraction of sp³-hybridized carbons (Fsp3) is 0.357. The van der Waals surface area contributed by atoms with Gasteiger partial charge in [-0.15, -0.1) is 11.3 Å². The molecular weight excluding hydrogens is 308 g/mol. The smallest absolute Gasteiger partial charge is 0.125 e. The number of benzene rings is 1. The normalized spacial score (nSPS) is 12.7. The number of hydrogen-bond donors (Lipinski definition) is 1. The molecule has 2 rings (SSSR count). The van der Waals surface area contributed by atoms with E-state index in [1.807, 2.05) is 7.05 Å². The van der Waals surface area contributed by atoms with Gasteiger partial charge in [0.15, 0.2) is 0 Å². The second-order valence-electron chi connectivity index (χ2n) is 4.46. The van der Waals surface area contributed by atoms with Gasteiger partial charge in [-0.3, -0.25) is 0 Å². The Labute approximate surface area is 121 Å². The lowest BCUT2D eigenvalue weighted by molar-refractivity contribution is 0.658. The molecule has 0 saturated heterocycles. The van der Waals surface area contributed by atoms with E-state index in [-0.39, 0.29) is 0 Å². The highest BCUT2D eigenvalue weighted by atomic mass is 79.9. The first kappa shape index (κ1) is 13.7. The van der Waals surface area contributed by atoms with E-state index < -0.39 is 0 Å². The Bertz CT molecular complexity index is 563. The third-order valence-corrected chi connectivity index (χ3v) is 5.04. The van der Waals surface area contributed by atoms with Crippen molar-refractivity contribution in [3.63, 3.8) is 0 Å². The number of aryl methyl sites for hydroxylation is 2. The zero-order chi connectivity index (χ0) is 13.3. The Morgan fingerprint density at radius 2 is 2.06 bits per heavy atom. The molecule has 2 nitrogen and oxygen atoms in total. The summed E-state index contributed by atoms with van der Waals surface area (Å²) in [6, 6.07) is 6.73. The predicted molar refractivity (Wildman–Crippen MR) is 82.2 cm³/mol. The molecule has 0 bridgehead atoms. The predicted octanol–water partition coefficient (Wildman–Crippen LogP) is 4.47. The lowest BCUT2D eigenvalue weighted by atomic mass is 10.1. The number of aromatic nitrogens is 1. The minimum absolute atomic E-state index is 0.348. The molecule has 96 valence electrons. The number of hydrogen-bond acceptors (Lipinski definition) is 3. The van der Waals surface area contributed by atoms with Gasteiger partial charge in [0.25, 0.3) is 0 Å². The summed E-state index contributed by atoms with van der Waals surface area (Å²) < 4.78 is 1.11. The highest BCUT2D eigenvalue weighted by Gasteiger charge is 2.15. The quantitative estimate of drug-likeness (QED) is 0.900. The van der Waals surface area contributed by atoms with Gasteiger partial charge in [-0.25, -0.2) is 4.98 Å². The third-order valence-electron chi connectivity index (χ3n) is 3.01. The van der Waals surface area contributed by atoms with Crippen molar-refractivity contribution in [2.24, 2.45) is 0 Å². The summed E-state index contributed by atoms with van der Waals surface area (Å²) in [5, 5.41) is 4.35. The van der Waals surface area contributed by atoms with Crippen molar-refractivity contribution in [2.45, 2.75) is 26.8 Å². The van der Waals surface area contributed by atoms with E-state index in [0.29, 0.717) is 6.04 Å². The van der Waals surface area contributed by atoms with E-state index in [9.17, 15) is 0 Å². The Morgan fingerprint density at radius 1 is 1.33 bits per heavy atom. The maximum atomic E-state index is 4.69. The molecule has 0 aliphatic carbocycles. The zero-order valence-corrected chi connectivity index (χ0v) is 13.4. The van der Waals surface area contributed by atoms with Crippen LogP contribution >= 0.6 is 27.3 Å². The SMILES string of the molecule is CNC(C)c1sc(-c2ccc(C)cc2Br)nc1C. The van der Waals surface area contributed by atoms with Gasteiger partial charge in [0.1, 0.15) is 5.01 Å². The minimum Gasteiger partial charge on any atom is -0.312 e. The minimum atomic E-state index is 0.348. The lowest BCUT2D eigenvalue weighted by Crippen LogP contribution is -2.11. The van der Waals surface area contributed by atoms with E-state index in [0.717, 1.165) is 15.2 Å². The highest BCUT2D eigenvalue weighted by molar-refractivity contribution is 9.10. The van der Waals surface area contributed by atoms with Crippen molar-refractivity contribution in [1.29, 1.82) is 0 Å². The topological polar surface area (TPSA) is 24.9 Å². The molecule has 2 aromatic rings. The Morgan fingerprint density at radius 3 is 2.67 bits per heavy atom. The number of rotatable bonds is 3. The molecule has 0 spiro atoms. The van der Waals surface area contributed by atoms with Crippen LogP contribution in [0.2, 0.25) is 0 Å². The van der Waals surface area contributed by atoms with E-state index in [1.165, 1.54) is 16.0 Å². The van der Waals surface area contributed by atoms with Gasteiger partial charge >= 0.3 is 0 Å². The summed E-state index contributed by atoms with van der Waals surface area (Å²) in [7, 11) is 1.98. The fourth-order valence-corrected chi connectivity index (χ4v) is 3.83. The number of nitrogens with zero attached hydrogens (tertiary/aromatic N) is 1. The van der Waals surface area contributed by atoms with Crippen LogP contribution in [-0.2, 0) is 0 Å². The second-order valence-corrected chi connectivity index (χ2v) is 6.35.